The zero-order valence-electron chi connectivity index (χ0n) is 11.4. The average molecular weight is 367 g/mol. The number of aromatic hydroxyl groups is 1. The smallest absolute Gasteiger partial charge is 0.162 e. The Morgan fingerprint density at radius 2 is 1.95 bits per heavy atom. The molecule has 0 aliphatic heterocycles. The van der Waals surface area contributed by atoms with Gasteiger partial charge in [-0.2, -0.15) is 0 Å². The van der Waals surface area contributed by atoms with Gasteiger partial charge < -0.3 is 20.7 Å². The molecule has 6 heteroatoms. The number of phenolic OH excluding ortho intramolecular Hbond substituents is 1. The first-order valence-electron chi connectivity index (χ1n) is 6.54. The minimum Gasteiger partial charge on any atom is -0.504 e. The summed E-state index contributed by atoms with van der Waals surface area (Å²) in [5, 5.41) is 20.5. The molecule has 1 saturated carbocycles. The Morgan fingerprint density at radius 1 is 1.35 bits per heavy atom. The molecule has 2 rings (SSSR count). The minimum atomic E-state index is -0.632. The van der Waals surface area contributed by atoms with E-state index in [9.17, 15) is 10.2 Å². The van der Waals surface area contributed by atoms with Crippen LogP contribution in [0.3, 0.4) is 0 Å². The maximum Gasteiger partial charge on any atom is 0.162 e. The van der Waals surface area contributed by atoms with Gasteiger partial charge in [-0.05, 0) is 30.9 Å². The molecule has 20 heavy (non-hydrogen) atoms. The second-order valence-electron chi connectivity index (χ2n) is 5.11. The van der Waals surface area contributed by atoms with E-state index in [1.807, 2.05) is 0 Å². The SMILES string of the molecule is COc1cc(Br)cc([C@H](N)[C@H](O)C2CCCC2)c1O.Cl. The van der Waals surface area contributed by atoms with Crippen molar-refractivity contribution in [3.8, 4) is 11.5 Å². The van der Waals surface area contributed by atoms with Crippen LogP contribution in [0.1, 0.15) is 37.3 Å². The number of hydrogen-bond acceptors (Lipinski definition) is 4. The molecule has 1 aromatic rings. The number of ether oxygens (including phenoxy) is 1. The lowest BCUT2D eigenvalue weighted by Crippen LogP contribution is -2.32. The van der Waals surface area contributed by atoms with Crippen LogP contribution >= 0.6 is 28.3 Å². The highest BCUT2D eigenvalue weighted by atomic mass is 79.9. The van der Waals surface area contributed by atoms with Crippen molar-refractivity contribution >= 4 is 28.3 Å². The first-order valence-corrected chi connectivity index (χ1v) is 7.34. The van der Waals surface area contributed by atoms with Gasteiger partial charge in [-0.25, -0.2) is 0 Å². The van der Waals surface area contributed by atoms with E-state index < -0.39 is 12.1 Å². The van der Waals surface area contributed by atoms with Gasteiger partial charge in [0.2, 0.25) is 0 Å². The van der Waals surface area contributed by atoms with E-state index >= 15 is 0 Å². The van der Waals surface area contributed by atoms with Gasteiger partial charge in [0.15, 0.2) is 11.5 Å². The lowest BCUT2D eigenvalue weighted by atomic mass is 9.90. The van der Waals surface area contributed by atoms with Crippen LogP contribution < -0.4 is 10.5 Å². The van der Waals surface area contributed by atoms with Crippen LogP contribution in [0.25, 0.3) is 0 Å². The third-order valence-electron chi connectivity index (χ3n) is 3.90. The Hall–Kier alpha value is -0.490. The van der Waals surface area contributed by atoms with Gasteiger partial charge in [0.25, 0.3) is 0 Å². The molecule has 0 saturated heterocycles. The van der Waals surface area contributed by atoms with Crippen LogP contribution in [-0.2, 0) is 0 Å². The van der Waals surface area contributed by atoms with Gasteiger partial charge >= 0.3 is 0 Å². The Balaban J connectivity index is 0.00000200. The molecule has 2 atom stereocenters. The van der Waals surface area contributed by atoms with Crippen LogP contribution in [0.4, 0.5) is 0 Å². The quantitative estimate of drug-likeness (QED) is 0.765. The van der Waals surface area contributed by atoms with Gasteiger partial charge in [-0.1, -0.05) is 28.8 Å². The summed E-state index contributed by atoms with van der Waals surface area (Å²) in [6, 6.07) is 2.81. The fourth-order valence-electron chi connectivity index (χ4n) is 2.78. The number of aliphatic hydroxyl groups excluding tert-OH is 1. The molecule has 0 bridgehead atoms. The molecular weight excluding hydrogens is 346 g/mol. The van der Waals surface area contributed by atoms with E-state index in [0.717, 1.165) is 30.2 Å². The highest BCUT2D eigenvalue weighted by molar-refractivity contribution is 9.10. The summed E-state index contributed by atoms with van der Waals surface area (Å²) >= 11 is 3.36. The highest BCUT2D eigenvalue weighted by Gasteiger charge is 2.30. The number of phenols is 1. The van der Waals surface area contributed by atoms with Crippen LogP contribution in [0.2, 0.25) is 0 Å². The fraction of sp³-hybridized carbons (Fsp3) is 0.571. The predicted octanol–water partition coefficient (Wildman–Crippen LogP) is 3.14. The lowest BCUT2D eigenvalue weighted by Gasteiger charge is -2.25. The fourth-order valence-corrected chi connectivity index (χ4v) is 3.23. The largest absolute Gasteiger partial charge is 0.504 e. The number of methoxy groups -OCH3 is 1. The predicted molar refractivity (Wildman–Crippen MR) is 84.5 cm³/mol. The normalized spacial score (nSPS) is 18.4. The number of halogens is 2. The summed E-state index contributed by atoms with van der Waals surface area (Å²) in [6.45, 7) is 0. The van der Waals surface area contributed by atoms with Crippen molar-refractivity contribution in [3.05, 3.63) is 22.2 Å². The van der Waals surface area contributed by atoms with E-state index in [1.165, 1.54) is 7.11 Å². The summed E-state index contributed by atoms with van der Waals surface area (Å²) in [4.78, 5) is 0. The molecular formula is C14H21BrClNO3. The second kappa shape index (κ2) is 7.50. The molecule has 0 unspecified atom stereocenters. The van der Waals surface area contributed by atoms with Crippen molar-refractivity contribution < 1.29 is 14.9 Å². The maximum absolute atomic E-state index is 10.4. The molecule has 0 aromatic heterocycles. The molecule has 1 fully saturated rings. The molecule has 1 aliphatic rings. The number of nitrogens with two attached hydrogens (primary N) is 1. The highest BCUT2D eigenvalue weighted by Crippen LogP contribution is 2.40. The number of rotatable bonds is 4. The number of aliphatic hydroxyl groups is 1. The molecule has 0 radical (unpaired) electrons. The monoisotopic (exact) mass is 365 g/mol. The van der Waals surface area contributed by atoms with Gasteiger partial charge in [0.1, 0.15) is 0 Å². The van der Waals surface area contributed by atoms with E-state index in [1.54, 1.807) is 12.1 Å². The van der Waals surface area contributed by atoms with Crippen molar-refractivity contribution in [1.82, 2.24) is 0 Å². The van der Waals surface area contributed by atoms with Gasteiger partial charge in [0, 0.05) is 10.0 Å². The summed E-state index contributed by atoms with van der Waals surface area (Å²) in [7, 11) is 1.49. The third-order valence-corrected chi connectivity index (χ3v) is 4.36. The molecule has 4 nitrogen and oxygen atoms in total. The number of benzene rings is 1. The van der Waals surface area contributed by atoms with Crippen LogP contribution in [0.5, 0.6) is 11.5 Å². The molecule has 4 N–H and O–H groups in total. The van der Waals surface area contributed by atoms with Crippen molar-refractivity contribution in [1.29, 1.82) is 0 Å². The zero-order chi connectivity index (χ0) is 14.0. The summed E-state index contributed by atoms with van der Waals surface area (Å²) in [5.41, 5.74) is 6.64. The molecule has 114 valence electrons. The topological polar surface area (TPSA) is 75.7 Å². The molecule has 0 heterocycles. The van der Waals surface area contributed by atoms with Crippen LogP contribution in [0.15, 0.2) is 16.6 Å². The molecule has 0 spiro atoms. The van der Waals surface area contributed by atoms with Crippen molar-refractivity contribution in [2.45, 2.75) is 37.8 Å². The minimum absolute atomic E-state index is 0. The van der Waals surface area contributed by atoms with E-state index in [4.69, 9.17) is 10.5 Å². The van der Waals surface area contributed by atoms with Crippen molar-refractivity contribution in [2.24, 2.45) is 11.7 Å². The van der Waals surface area contributed by atoms with E-state index in [0.29, 0.717) is 11.3 Å². The third kappa shape index (κ3) is 3.58. The number of hydrogen-bond donors (Lipinski definition) is 3. The molecule has 1 aromatic carbocycles. The second-order valence-corrected chi connectivity index (χ2v) is 6.02. The maximum atomic E-state index is 10.4. The van der Waals surface area contributed by atoms with E-state index in [2.05, 4.69) is 15.9 Å². The first-order chi connectivity index (χ1) is 9.04. The standard InChI is InChI=1S/C14H20BrNO3.ClH/c1-19-11-7-9(15)6-10(14(11)18)12(16)13(17)8-4-2-3-5-8;/h6-8,12-13,17-18H,2-5,16H2,1H3;1H/t12-,13+;/m0./s1. The lowest BCUT2D eigenvalue weighted by molar-refractivity contribution is 0.0835. The van der Waals surface area contributed by atoms with Gasteiger partial charge in [0.05, 0.1) is 19.3 Å². The summed E-state index contributed by atoms with van der Waals surface area (Å²) in [6.07, 6.45) is 3.65. The Kier molecular flexibility index (Phi) is 6.58. The van der Waals surface area contributed by atoms with E-state index in [-0.39, 0.29) is 24.1 Å². The summed E-state index contributed by atoms with van der Waals surface area (Å²) < 4.78 is 5.87. The molecule has 0 amide bonds. The Labute approximate surface area is 133 Å². The van der Waals surface area contributed by atoms with Gasteiger partial charge in [-0.3, -0.25) is 0 Å². The van der Waals surface area contributed by atoms with Crippen LogP contribution in [0, 0.1) is 5.92 Å². The Morgan fingerprint density at radius 3 is 2.50 bits per heavy atom. The van der Waals surface area contributed by atoms with Crippen molar-refractivity contribution in [3.63, 3.8) is 0 Å². The Bertz CT molecular complexity index is 452. The zero-order valence-corrected chi connectivity index (χ0v) is 13.8. The average Bonchev–Trinajstić information content (AvgIpc) is 2.93. The van der Waals surface area contributed by atoms with Gasteiger partial charge in [-0.15, -0.1) is 12.4 Å². The first kappa shape index (κ1) is 17.6. The van der Waals surface area contributed by atoms with Crippen LogP contribution in [-0.4, -0.2) is 23.4 Å². The summed E-state index contributed by atoms with van der Waals surface area (Å²) in [5.74, 6) is 0.591. The molecule has 1 aliphatic carbocycles. The van der Waals surface area contributed by atoms with Crippen molar-refractivity contribution in [2.75, 3.05) is 7.11 Å².